The van der Waals surface area contributed by atoms with Gasteiger partial charge in [-0.25, -0.2) is 0 Å². The van der Waals surface area contributed by atoms with Crippen molar-refractivity contribution in [1.29, 1.82) is 0 Å². The fourth-order valence-electron chi connectivity index (χ4n) is 1.50. The zero-order chi connectivity index (χ0) is 14.4. The predicted octanol–water partition coefficient (Wildman–Crippen LogP) is 4.95. The first-order valence-corrected chi connectivity index (χ1v) is 5.51. The van der Waals surface area contributed by atoms with Crippen molar-refractivity contribution in [2.24, 2.45) is 15.3 Å². The van der Waals surface area contributed by atoms with Crippen LogP contribution < -0.4 is 0 Å². The van der Waals surface area contributed by atoms with Gasteiger partial charge in [0, 0.05) is 11.0 Å². The molecule has 0 saturated heterocycles. The quantitative estimate of drug-likeness (QED) is 0.256. The Bertz CT molecular complexity index is 707. The van der Waals surface area contributed by atoms with Crippen LogP contribution in [0, 0.1) is 10.1 Å². The van der Waals surface area contributed by atoms with Crippen LogP contribution in [0.4, 0.5) is 22.7 Å². The van der Waals surface area contributed by atoms with E-state index < -0.39 is 4.92 Å². The first kappa shape index (κ1) is 13.2. The highest BCUT2D eigenvalue weighted by molar-refractivity contribution is 5.72. The molecule has 0 fully saturated rings. The minimum Gasteiger partial charge on any atom is -0.258 e. The summed E-state index contributed by atoms with van der Waals surface area (Å²) in [6, 6.07) is 13.1. The van der Waals surface area contributed by atoms with Gasteiger partial charge in [-0.3, -0.25) is 10.1 Å². The summed E-state index contributed by atoms with van der Waals surface area (Å²) in [5, 5.41) is 22.0. The summed E-state index contributed by atoms with van der Waals surface area (Å²) in [5.41, 5.74) is 8.76. The van der Waals surface area contributed by atoms with Crippen molar-refractivity contribution in [3.63, 3.8) is 0 Å². The van der Waals surface area contributed by atoms with E-state index in [0.29, 0.717) is 5.69 Å². The first-order valence-electron chi connectivity index (χ1n) is 5.51. The second-order valence-electron chi connectivity index (χ2n) is 3.63. The van der Waals surface area contributed by atoms with Gasteiger partial charge in [0.15, 0.2) is 0 Å². The highest BCUT2D eigenvalue weighted by atomic mass is 16.6. The molecule has 0 aromatic heterocycles. The highest BCUT2D eigenvalue weighted by Gasteiger charge is 2.15. The number of hydrogen-bond donors (Lipinski definition) is 0. The summed E-state index contributed by atoms with van der Waals surface area (Å²) in [4.78, 5) is 12.8. The van der Waals surface area contributed by atoms with Crippen molar-refractivity contribution in [1.82, 2.24) is 0 Å². The van der Waals surface area contributed by atoms with Crippen molar-refractivity contribution in [2.45, 2.75) is 0 Å². The third-order valence-corrected chi connectivity index (χ3v) is 2.36. The van der Waals surface area contributed by atoms with Gasteiger partial charge in [0.25, 0.3) is 5.69 Å². The number of azide groups is 1. The average molecular weight is 268 g/mol. The second kappa shape index (κ2) is 6.07. The number of hydrogen-bond acceptors (Lipinski definition) is 5. The van der Waals surface area contributed by atoms with Gasteiger partial charge in [0.1, 0.15) is 11.4 Å². The van der Waals surface area contributed by atoms with Gasteiger partial charge in [0.2, 0.25) is 0 Å². The molecule has 0 aliphatic heterocycles. The SMILES string of the molecule is [N-]=[N+]=Nc1c(N=Nc2ccccc2)cccc1[N+](=O)[O-]. The number of nitro groups is 1. The molecule has 2 aromatic rings. The molecule has 0 aliphatic rings. The Morgan fingerprint density at radius 2 is 1.80 bits per heavy atom. The topological polar surface area (TPSA) is 117 Å². The lowest BCUT2D eigenvalue weighted by Gasteiger charge is -1.99. The number of nitro benzene ring substituents is 1. The van der Waals surface area contributed by atoms with E-state index in [1.165, 1.54) is 18.2 Å². The molecule has 0 spiro atoms. The van der Waals surface area contributed by atoms with Crippen LogP contribution >= 0.6 is 0 Å². The van der Waals surface area contributed by atoms with Crippen LogP contribution in [0.1, 0.15) is 0 Å². The third-order valence-electron chi connectivity index (χ3n) is 2.36. The molecule has 0 unspecified atom stereocenters. The number of benzene rings is 2. The van der Waals surface area contributed by atoms with E-state index in [9.17, 15) is 10.1 Å². The van der Waals surface area contributed by atoms with Crippen molar-refractivity contribution < 1.29 is 4.92 Å². The minimum atomic E-state index is -0.633. The zero-order valence-corrected chi connectivity index (χ0v) is 10.1. The van der Waals surface area contributed by atoms with Crippen molar-refractivity contribution >= 4 is 22.7 Å². The Labute approximate surface area is 113 Å². The maximum absolute atomic E-state index is 10.9. The summed E-state index contributed by atoms with van der Waals surface area (Å²) in [6.07, 6.45) is 0. The van der Waals surface area contributed by atoms with E-state index in [1.807, 2.05) is 6.07 Å². The average Bonchev–Trinajstić information content (AvgIpc) is 2.47. The van der Waals surface area contributed by atoms with Crippen molar-refractivity contribution in [3.05, 3.63) is 69.1 Å². The fraction of sp³-hybridized carbons (Fsp3) is 0. The molecule has 20 heavy (non-hydrogen) atoms. The molecule has 0 heterocycles. The smallest absolute Gasteiger partial charge is 0.258 e. The predicted molar refractivity (Wildman–Crippen MR) is 72.5 cm³/mol. The molecule has 98 valence electrons. The first-order chi connectivity index (χ1) is 9.72. The van der Waals surface area contributed by atoms with Crippen LogP contribution in [0.15, 0.2) is 63.9 Å². The van der Waals surface area contributed by atoms with E-state index >= 15 is 0 Å². The molecule has 8 heteroatoms. The monoisotopic (exact) mass is 268 g/mol. The molecular weight excluding hydrogens is 260 g/mol. The molecule has 0 atom stereocenters. The molecular formula is C12H8N6O2. The molecule has 2 aromatic carbocycles. The zero-order valence-electron chi connectivity index (χ0n) is 10.1. The lowest BCUT2D eigenvalue weighted by molar-refractivity contribution is -0.384. The van der Waals surface area contributed by atoms with E-state index in [-0.39, 0.29) is 17.1 Å². The largest absolute Gasteiger partial charge is 0.281 e. The van der Waals surface area contributed by atoms with E-state index in [2.05, 4.69) is 20.3 Å². The molecule has 0 radical (unpaired) electrons. The number of rotatable bonds is 4. The van der Waals surface area contributed by atoms with E-state index in [4.69, 9.17) is 5.53 Å². The lowest BCUT2D eigenvalue weighted by atomic mass is 10.2. The van der Waals surface area contributed by atoms with Crippen LogP contribution in [0.25, 0.3) is 10.4 Å². The Kier molecular flexibility index (Phi) is 4.01. The summed E-state index contributed by atoms with van der Waals surface area (Å²) < 4.78 is 0. The van der Waals surface area contributed by atoms with Gasteiger partial charge in [-0.15, -0.1) is 5.11 Å². The van der Waals surface area contributed by atoms with Gasteiger partial charge < -0.3 is 0 Å². The van der Waals surface area contributed by atoms with Crippen LogP contribution in [0.2, 0.25) is 0 Å². The molecule has 0 amide bonds. The molecule has 0 N–H and O–H groups in total. The van der Waals surface area contributed by atoms with Gasteiger partial charge >= 0.3 is 0 Å². The summed E-state index contributed by atoms with van der Waals surface area (Å²) in [6.45, 7) is 0. The Balaban J connectivity index is 2.46. The Morgan fingerprint density at radius 1 is 1.05 bits per heavy atom. The number of nitrogens with zero attached hydrogens (tertiary/aromatic N) is 6. The standard InChI is InChI=1S/C12H8N6O2/c13-17-16-12-10(7-4-8-11(12)18(19)20)15-14-9-5-2-1-3-6-9/h1-8H. The second-order valence-corrected chi connectivity index (χ2v) is 3.63. The van der Waals surface area contributed by atoms with Gasteiger partial charge in [-0.1, -0.05) is 29.4 Å². The molecule has 0 saturated carbocycles. The van der Waals surface area contributed by atoms with E-state index in [1.54, 1.807) is 24.3 Å². The lowest BCUT2D eigenvalue weighted by Crippen LogP contribution is -1.87. The maximum Gasteiger partial charge on any atom is 0.281 e. The summed E-state index contributed by atoms with van der Waals surface area (Å²) in [5.74, 6) is 0. The van der Waals surface area contributed by atoms with E-state index in [0.717, 1.165) is 0 Å². The van der Waals surface area contributed by atoms with Crippen molar-refractivity contribution in [2.75, 3.05) is 0 Å². The van der Waals surface area contributed by atoms with Crippen LogP contribution in [-0.2, 0) is 0 Å². The number of azo groups is 1. The normalized spacial score (nSPS) is 10.2. The fourth-order valence-corrected chi connectivity index (χ4v) is 1.50. The van der Waals surface area contributed by atoms with Crippen LogP contribution in [0.5, 0.6) is 0 Å². The van der Waals surface area contributed by atoms with Crippen LogP contribution in [-0.4, -0.2) is 4.92 Å². The maximum atomic E-state index is 10.9. The Morgan fingerprint density at radius 3 is 2.45 bits per heavy atom. The third kappa shape index (κ3) is 2.95. The van der Waals surface area contributed by atoms with Gasteiger partial charge in [-0.2, -0.15) is 5.11 Å². The molecule has 0 aliphatic carbocycles. The molecule has 2 rings (SSSR count). The van der Waals surface area contributed by atoms with Crippen LogP contribution in [0.3, 0.4) is 0 Å². The van der Waals surface area contributed by atoms with Crippen molar-refractivity contribution in [3.8, 4) is 0 Å². The van der Waals surface area contributed by atoms with Gasteiger partial charge in [-0.05, 0) is 23.7 Å². The Hall–Kier alpha value is -3.25. The molecule has 0 bridgehead atoms. The summed E-state index contributed by atoms with van der Waals surface area (Å²) in [7, 11) is 0. The van der Waals surface area contributed by atoms with Gasteiger partial charge in [0.05, 0.1) is 10.6 Å². The summed E-state index contributed by atoms with van der Waals surface area (Å²) >= 11 is 0. The highest BCUT2D eigenvalue weighted by Crippen LogP contribution is 2.37. The minimum absolute atomic E-state index is 0.140. The molecule has 8 nitrogen and oxygen atoms in total.